The van der Waals surface area contributed by atoms with Crippen LogP contribution >= 0.6 is 0 Å². The van der Waals surface area contributed by atoms with Crippen molar-refractivity contribution < 1.29 is 14.3 Å². The zero-order valence-electron chi connectivity index (χ0n) is 13.8. The van der Waals surface area contributed by atoms with Gasteiger partial charge in [0, 0.05) is 17.0 Å². The summed E-state index contributed by atoms with van der Waals surface area (Å²) in [6.45, 7) is 6.88. The number of nitrogens with one attached hydrogen (secondary N) is 2. The minimum atomic E-state index is -0.513. The number of ether oxygens (including phenoxy) is 2. The Hall–Kier alpha value is -2.80. The number of fused-ring (bicyclic) bond motifs is 1. The van der Waals surface area contributed by atoms with Crippen molar-refractivity contribution in [3.63, 3.8) is 0 Å². The van der Waals surface area contributed by atoms with Crippen molar-refractivity contribution in [3.8, 4) is 17.4 Å². The van der Waals surface area contributed by atoms with E-state index in [4.69, 9.17) is 15.3 Å². The molecule has 0 saturated heterocycles. The fourth-order valence-electron chi connectivity index (χ4n) is 2.70. The molecule has 3 rings (SSSR count). The van der Waals surface area contributed by atoms with Crippen LogP contribution in [0.15, 0.2) is 30.5 Å². The molecule has 1 aromatic carbocycles. The van der Waals surface area contributed by atoms with Crippen LogP contribution in [0.2, 0.25) is 0 Å². The van der Waals surface area contributed by atoms with Gasteiger partial charge in [-0.1, -0.05) is 19.9 Å². The molecule has 7 nitrogen and oxygen atoms in total. The highest BCUT2D eigenvalue weighted by molar-refractivity contribution is 5.88. The van der Waals surface area contributed by atoms with Crippen LogP contribution in [0.4, 0.5) is 10.5 Å². The molecule has 7 heteroatoms. The Balaban J connectivity index is 1.85. The van der Waals surface area contributed by atoms with Crippen LogP contribution in [0, 0.1) is 6.92 Å². The molecule has 0 aliphatic carbocycles. The van der Waals surface area contributed by atoms with Gasteiger partial charge in [-0.05, 0) is 24.6 Å². The molecule has 0 saturated carbocycles. The van der Waals surface area contributed by atoms with Crippen LogP contribution in [0.1, 0.15) is 25.0 Å². The van der Waals surface area contributed by atoms with Crippen molar-refractivity contribution in [1.29, 1.82) is 0 Å². The molecule has 1 aliphatic heterocycles. The first-order chi connectivity index (χ1) is 11.4. The van der Waals surface area contributed by atoms with Gasteiger partial charge in [-0.15, -0.1) is 0 Å². The van der Waals surface area contributed by atoms with Crippen LogP contribution < -0.4 is 26.1 Å². The second kappa shape index (κ2) is 6.01. The van der Waals surface area contributed by atoms with E-state index >= 15 is 0 Å². The number of carbonyl (C=O) groups is 1. The predicted octanol–water partition coefficient (Wildman–Crippen LogP) is 2.85. The standard InChI is InChI=1S/C17H20N4O3/c1-10-4-6-12(14-15(10)23-9-17(14,2)3)24-13-7-5-11(8-19-13)20-16(22)21-18/h4-8H,9,18H2,1-3H3,(H2,20,21,22). The summed E-state index contributed by atoms with van der Waals surface area (Å²) in [6, 6.07) is 6.76. The normalized spacial score (nSPS) is 14.5. The monoisotopic (exact) mass is 328 g/mol. The van der Waals surface area contributed by atoms with Gasteiger partial charge in [0.05, 0.1) is 18.5 Å². The number of hydrazine groups is 1. The average molecular weight is 328 g/mol. The molecule has 0 radical (unpaired) electrons. The van der Waals surface area contributed by atoms with Crippen LogP contribution in [-0.2, 0) is 5.41 Å². The number of hydrogen-bond donors (Lipinski definition) is 3. The molecule has 0 spiro atoms. The molecule has 2 amide bonds. The summed E-state index contributed by atoms with van der Waals surface area (Å²) in [5, 5.41) is 2.53. The molecule has 1 aromatic heterocycles. The number of amides is 2. The Morgan fingerprint density at radius 1 is 1.33 bits per heavy atom. The number of aromatic nitrogens is 1. The molecule has 0 atom stereocenters. The van der Waals surface area contributed by atoms with Crippen LogP contribution in [0.25, 0.3) is 0 Å². The minimum Gasteiger partial charge on any atom is -0.492 e. The second-order valence-corrected chi connectivity index (χ2v) is 6.34. The molecule has 2 heterocycles. The SMILES string of the molecule is Cc1ccc(Oc2ccc(NC(=O)NN)cn2)c2c1OCC2(C)C. The number of carbonyl (C=O) groups excluding carboxylic acids is 1. The first kappa shape index (κ1) is 16.1. The van der Waals surface area contributed by atoms with Gasteiger partial charge in [0.25, 0.3) is 0 Å². The van der Waals surface area contributed by atoms with Gasteiger partial charge in [-0.3, -0.25) is 5.43 Å². The summed E-state index contributed by atoms with van der Waals surface area (Å²) in [4.78, 5) is 15.4. The van der Waals surface area contributed by atoms with Crippen molar-refractivity contribution in [2.45, 2.75) is 26.2 Å². The Morgan fingerprint density at radius 2 is 2.12 bits per heavy atom. The van der Waals surface area contributed by atoms with E-state index in [-0.39, 0.29) is 5.41 Å². The van der Waals surface area contributed by atoms with Crippen molar-refractivity contribution in [3.05, 3.63) is 41.6 Å². The van der Waals surface area contributed by atoms with Crippen molar-refractivity contribution >= 4 is 11.7 Å². The molecule has 0 fully saturated rings. The lowest BCUT2D eigenvalue weighted by Crippen LogP contribution is -2.34. The molecule has 0 bridgehead atoms. The zero-order valence-corrected chi connectivity index (χ0v) is 13.8. The lowest BCUT2D eigenvalue weighted by atomic mass is 9.85. The van der Waals surface area contributed by atoms with E-state index in [2.05, 4.69) is 24.1 Å². The van der Waals surface area contributed by atoms with Gasteiger partial charge in [-0.25, -0.2) is 15.6 Å². The Kier molecular flexibility index (Phi) is 4.02. The zero-order chi connectivity index (χ0) is 17.3. The van der Waals surface area contributed by atoms with Crippen molar-refractivity contribution in [1.82, 2.24) is 10.4 Å². The highest BCUT2D eigenvalue weighted by Crippen LogP contribution is 2.46. The van der Waals surface area contributed by atoms with Gasteiger partial charge >= 0.3 is 6.03 Å². The first-order valence-corrected chi connectivity index (χ1v) is 7.59. The number of aryl methyl sites for hydroxylation is 1. The second-order valence-electron chi connectivity index (χ2n) is 6.34. The molecule has 0 unspecified atom stereocenters. The van der Waals surface area contributed by atoms with Crippen molar-refractivity contribution in [2.24, 2.45) is 5.84 Å². The maximum Gasteiger partial charge on any atom is 0.333 e. The number of urea groups is 1. The average Bonchev–Trinajstić information content (AvgIpc) is 2.88. The van der Waals surface area contributed by atoms with Crippen LogP contribution in [0.3, 0.4) is 0 Å². The smallest absolute Gasteiger partial charge is 0.333 e. The number of anilines is 1. The van der Waals surface area contributed by atoms with Gasteiger partial charge in [0.2, 0.25) is 5.88 Å². The molecular formula is C17H20N4O3. The number of pyridine rings is 1. The van der Waals surface area contributed by atoms with Gasteiger partial charge < -0.3 is 14.8 Å². The minimum absolute atomic E-state index is 0.128. The third-order valence-corrected chi connectivity index (χ3v) is 3.91. The maximum atomic E-state index is 11.2. The Bertz CT molecular complexity index is 772. The molecular weight excluding hydrogens is 308 g/mol. The summed E-state index contributed by atoms with van der Waals surface area (Å²) in [5.41, 5.74) is 4.51. The van der Waals surface area contributed by atoms with Crippen molar-refractivity contribution in [2.75, 3.05) is 11.9 Å². The Morgan fingerprint density at radius 3 is 2.79 bits per heavy atom. The van der Waals surface area contributed by atoms with E-state index in [1.165, 1.54) is 6.20 Å². The number of rotatable bonds is 3. The van der Waals surface area contributed by atoms with Crippen LogP contribution in [0.5, 0.6) is 17.4 Å². The number of nitrogens with zero attached hydrogens (tertiary/aromatic N) is 1. The molecule has 1 aliphatic rings. The third-order valence-electron chi connectivity index (χ3n) is 3.91. The number of benzene rings is 1. The van der Waals surface area contributed by atoms with E-state index in [1.807, 2.05) is 24.5 Å². The summed E-state index contributed by atoms with van der Waals surface area (Å²) in [6.07, 6.45) is 1.50. The van der Waals surface area contributed by atoms with E-state index in [0.29, 0.717) is 18.2 Å². The lowest BCUT2D eigenvalue weighted by Gasteiger charge is -2.19. The summed E-state index contributed by atoms with van der Waals surface area (Å²) in [7, 11) is 0. The largest absolute Gasteiger partial charge is 0.492 e. The van der Waals surface area contributed by atoms with E-state index in [0.717, 1.165) is 22.6 Å². The number of hydrogen-bond acceptors (Lipinski definition) is 5. The molecule has 2 aromatic rings. The summed E-state index contributed by atoms with van der Waals surface area (Å²) < 4.78 is 11.8. The van der Waals surface area contributed by atoms with E-state index in [9.17, 15) is 4.79 Å². The molecule has 4 N–H and O–H groups in total. The predicted molar refractivity (Wildman–Crippen MR) is 90.4 cm³/mol. The highest BCUT2D eigenvalue weighted by atomic mass is 16.5. The van der Waals surface area contributed by atoms with E-state index < -0.39 is 6.03 Å². The first-order valence-electron chi connectivity index (χ1n) is 7.59. The fraction of sp³-hybridized carbons (Fsp3) is 0.294. The Labute approximate surface area is 140 Å². The molecule has 24 heavy (non-hydrogen) atoms. The van der Waals surface area contributed by atoms with Gasteiger partial charge in [0.15, 0.2) is 0 Å². The quantitative estimate of drug-likeness (QED) is 0.457. The lowest BCUT2D eigenvalue weighted by molar-refractivity contribution is 0.252. The summed E-state index contributed by atoms with van der Waals surface area (Å²) in [5.74, 6) is 7.07. The van der Waals surface area contributed by atoms with Crippen LogP contribution in [-0.4, -0.2) is 17.6 Å². The van der Waals surface area contributed by atoms with Gasteiger partial charge in [0.1, 0.15) is 11.5 Å². The topological polar surface area (TPSA) is 98.5 Å². The summed E-state index contributed by atoms with van der Waals surface area (Å²) >= 11 is 0. The maximum absolute atomic E-state index is 11.2. The third kappa shape index (κ3) is 2.98. The van der Waals surface area contributed by atoms with Gasteiger partial charge in [-0.2, -0.15) is 0 Å². The fourth-order valence-corrected chi connectivity index (χ4v) is 2.70. The van der Waals surface area contributed by atoms with E-state index in [1.54, 1.807) is 12.1 Å². The number of nitrogens with two attached hydrogens (primary N) is 1. The highest BCUT2D eigenvalue weighted by Gasteiger charge is 2.36. The molecule has 126 valence electrons.